The number of carbonyl (C=O) groups is 4. The predicted molar refractivity (Wildman–Crippen MR) is 62.0 cm³/mol. The molecule has 0 aromatic heterocycles. The van der Waals surface area contributed by atoms with Crippen molar-refractivity contribution in [2.75, 3.05) is 6.54 Å². The molecule has 0 saturated carbocycles. The molecule has 3 amide bonds. The summed E-state index contributed by atoms with van der Waals surface area (Å²) in [6, 6.07) is 5.70. The Labute approximate surface area is 116 Å². The lowest BCUT2D eigenvalue weighted by atomic mass is 10.1. The number of halogens is 2. The van der Waals surface area contributed by atoms with Gasteiger partial charge in [-0.05, 0) is 12.1 Å². The van der Waals surface area contributed by atoms with Gasteiger partial charge in [0, 0.05) is 0 Å². The van der Waals surface area contributed by atoms with Crippen LogP contribution in [0, 0.1) is 0 Å². The van der Waals surface area contributed by atoms with Gasteiger partial charge in [-0.1, -0.05) is 17.2 Å². The summed E-state index contributed by atoms with van der Waals surface area (Å²) < 4.78 is 23.8. The summed E-state index contributed by atoms with van der Waals surface area (Å²) >= 11 is 0. The van der Waals surface area contributed by atoms with E-state index in [1.165, 1.54) is 24.3 Å². The minimum Gasteiger partial charge on any atom is -0.341 e. The maximum Gasteiger partial charge on any atom is 0.421 e. The van der Waals surface area contributed by atoms with E-state index in [0.29, 0.717) is 0 Å². The van der Waals surface area contributed by atoms with Gasteiger partial charge in [-0.25, -0.2) is 13.6 Å². The van der Waals surface area contributed by atoms with Crippen molar-refractivity contribution < 1.29 is 32.8 Å². The van der Waals surface area contributed by atoms with Crippen LogP contribution in [0.4, 0.5) is 8.78 Å². The van der Waals surface area contributed by atoms with E-state index in [1.807, 2.05) is 0 Å². The molecule has 0 unspecified atom stereocenters. The molecule has 1 aromatic rings. The first-order chi connectivity index (χ1) is 9.91. The Balaban J connectivity index is 2.05. The van der Waals surface area contributed by atoms with Crippen LogP contribution in [-0.2, 0) is 14.4 Å². The molecule has 0 bridgehead atoms. The van der Waals surface area contributed by atoms with E-state index in [0.717, 1.165) is 0 Å². The molecule has 2 rings (SSSR count). The zero-order valence-electron chi connectivity index (χ0n) is 10.3. The molecule has 0 fully saturated rings. The van der Waals surface area contributed by atoms with Crippen molar-refractivity contribution in [3.05, 3.63) is 35.4 Å². The Morgan fingerprint density at radius 3 is 2.14 bits per heavy atom. The van der Waals surface area contributed by atoms with Crippen LogP contribution < -0.4 is 5.32 Å². The summed E-state index contributed by atoms with van der Waals surface area (Å²) in [4.78, 5) is 50.4. The van der Waals surface area contributed by atoms with Crippen LogP contribution in [0.5, 0.6) is 0 Å². The van der Waals surface area contributed by atoms with Crippen LogP contribution in [0.2, 0.25) is 0 Å². The summed E-state index contributed by atoms with van der Waals surface area (Å²) in [5.74, 6) is -4.94. The van der Waals surface area contributed by atoms with E-state index in [4.69, 9.17) is 0 Å². The average molecular weight is 298 g/mol. The van der Waals surface area contributed by atoms with Crippen LogP contribution >= 0.6 is 0 Å². The second-order valence-corrected chi connectivity index (χ2v) is 3.93. The van der Waals surface area contributed by atoms with Crippen molar-refractivity contribution in [2.24, 2.45) is 0 Å². The monoisotopic (exact) mass is 298 g/mol. The van der Waals surface area contributed by atoms with Gasteiger partial charge in [-0.3, -0.25) is 14.4 Å². The number of hydrogen-bond donors (Lipinski definition) is 1. The normalized spacial score (nSPS) is 13.4. The van der Waals surface area contributed by atoms with E-state index in [1.54, 1.807) is 5.32 Å². The molecule has 110 valence electrons. The zero-order chi connectivity index (χ0) is 15.6. The molecule has 0 saturated heterocycles. The van der Waals surface area contributed by atoms with E-state index in [-0.39, 0.29) is 16.2 Å². The Hall–Kier alpha value is -2.84. The molecule has 9 heteroatoms. The third kappa shape index (κ3) is 2.86. The van der Waals surface area contributed by atoms with Crippen molar-refractivity contribution in [1.29, 1.82) is 0 Å². The number of hydroxylamine groups is 2. The van der Waals surface area contributed by atoms with Gasteiger partial charge >= 0.3 is 11.9 Å². The van der Waals surface area contributed by atoms with Gasteiger partial charge in [0.1, 0.15) is 0 Å². The molecular formula is C12H8F2N2O5. The first-order valence-corrected chi connectivity index (χ1v) is 5.68. The maximum atomic E-state index is 11.9. The Morgan fingerprint density at radius 1 is 1.14 bits per heavy atom. The van der Waals surface area contributed by atoms with Crippen LogP contribution in [0.3, 0.4) is 0 Å². The van der Waals surface area contributed by atoms with Gasteiger partial charge in [0.15, 0.2) is 0 Å². The Bertz CT molecular complexity index is 597. The van der Waals surface area contributed by atoms with Gasteiger partial charge < -0.3 is 10.2 Å². The molecule has 1 aromatic carbocycles. The summed E-state index contributed by atoms with van der Waals surface area (Å²) in [7, 11) is 0. The van der Waals surface area contributed by atoms with Crippen LogP contribution in [0.15, 0.2) is 24.3 Å². The molecule has 1 aliphatic rings. The highest BCUT2D eigenvalue weighted by atomic mass is 19.3. The number of fused-ring (bicyclic) bond motifs is 1. The number of hydrogen-bond acceptors (Lipinski definition) is 5. The molecule has 0 radical (unpaired) electrons. The minimum atomic E-state index is -2.85. The third-order valence-electron chi connectivity index (χ3n) is 2.53. The maximum absolute atomic E-state index is 11.9. The highest BCUT2D eigenvalue weighted by Gasteiger charge is 2.39. The van der Waals surface area contributed by atoms with Crippen molar-refractivity contribution in [1.82, 2.24) is 10.4 Å². The van der Waals surface area contributed by atoms with Crippen molar-refractivity contribution in [2.45, 2.75) is 6.43 Å². The van der Waals surface area contributed by atoms with Gasteiger partial charge in [-0.15, -0.1) is 0 Å². The molecule has 21 heavy (non-hydrogen) atoms. The molecule has 1 aliphatic heterocycles. The number of nitrogens with zero attached hydrogens (tertiary/aromatic N) is 1. The van der Waals surface area contributed by atoms with Gasteiger partial charge in [0.25, 0.3) is 18.2 Å². The molecule has 1 heterocycles. The smallest absolute Gasteiger partial charge is 0.341 e. The summed E-state index contributed by atoms with van der Waals surface area (Å²) in [5, 5.41) is 1.71. The first kappa shape index (κ1) is 14.6. The summed E-state index contributed by atoms with van der Waals surface area (Å²) in [6.07, 6.45) is -2.85. The number of rotatable bonds is 3. The third-order valence-corrected chi connectivity index (χ3v) is 2.53. The van der Waals surface area contributed by atoms with E-state index in [2.05, 4.69) is 4.84 Å². The van der Waals surface area contributed by atoms with Gasteiger partial charge in [0.2, 0.25) is 0 Å². The number of nitrogens with one attached hydrogen (secondary N) is 1. The Kier molecular flexibility index (Phi) is 3.92. The number of imide groups is 1. The second kappa shape index (κ2) is 5.65. The fourth-order valence-corrected chi connectivity index (χ4v) is 1.62. The largest absolute Gasteiger partial charge is 0.421 e. The van der Waals surface area contributed by atoms with Gasteiger partial charge in [0.05, 0.1) is 17.7 Å². The van der Waals surface area contributed by atoms with Crippen molar-refractivity contribution in [3.63, 3.8) is 0 Å². The average Bonchev–Trinajstić information content (AvgIpc) is 2.70. The molecule has 7 nitrogen and oxygen atoms in total. The highest BCUT2D eigenvalue weighted by molar-refractivity contribution is 6.33. The molecule has 0 atom stereocenters. The number of alkyl halides is 2. The summed E-state index contributed by atoms with van der Waals surface area (Å²) in [6.45, 7) is -1.05. The number of carbonyl (C=O) groups excluding carboxylic acids is 4. The van der Waals surface area contributed by atoms with Crippen LogP contribution in [0.25, 0.3) is 0 Å². The lowest BCUT2D eigenvalue weighted by Crippen LogP contribution is -2.41. The van der Waals surface area contributed by atoms with Crippen LogP contribution in [0.1, 0.15) is 20.7 Å². The predicted octanol–water partition coefficient (Wildman–Crippen LogP) is 0.122. The molecular weight excluding hydrogens is 290 g/mol. The topological polar surface area (TPSA) is 92.8 Å². The highest BCUT2D eigenvalue weighted by Crippen LogP contribution is 2.22. The van der Waals surface area contributed by atoms with Crippen molar-refractivity contribution >= 4 is 23.7 Å². The lowest BCUT2D eigenvalue weighted by Gasteiger charge is -2.12. The quantitative estimate of drug-likeness (QED) is 0.632. The van der Waals surface area contributed by atoms with E-state index >= 15 is 0 Å². The minimum absolute atomic E-state index is 0.0169. The molecule has 1 N–H and O–H groups in total. The first-order valence-electron chi connectivity index (χ1n) is 5.68. The fourth-order valence-electron chi connectivity index (χ4n) is 1.62. The standard InChI is InChI=1S/C12H8F2N2O5/c13-8(14)5-15-9(17)12(20)21-16-10(18)6-3-1-2-4-7(6)11(16)19/h1-4,8H,5H2,(H,15,17). The van der Waals surface area contributed by atoms with Crippen molar-refractivity contribution in [3.8, 4) is 0 Å². The van der Waals surface area contributed by atoms with Crippen LogP contribution in [-0.4, -0.2) is 41.7 Å². The summed E-state index contributed by atoms with van der Waals surface area (Å²) in [5.41, 5.74) is 0.0339. The zero-order valence-corrected chi connectivity index (χ0v) is 10.3. The second-order valence-electron chi connectivity index (χ2n) is 3.93. The Morgan fingerprint density at radius 2 is 1.67 bits per heavy atom. The van der Waals surface area contributed by atoms with E-state index in [9.17, 15) is 28.0 Å². The SMILES string of the molecule is O=C(NCC(F)F)C(=O)ON1C(=O)c2ccccc2C1=O. The van der Waals surface area contributed by atoms with Gasteiger partial charge in [-0.2, -0.15) is 0 Å². The molecule has 0 spiro atoms. The lowest BCUT2D eigenvalue weighted by molar-refractivity contribution is -0.174. The number of amides is 3. The number of benzene rings is 1. The van der Waals surface area contributed by atoms with E-state index < -0.39 is 36.7 Å². The molecule has 0 aliphatic carbocycles. The fraction of sp³-hybridized carbons (Fsp3) is 0.167.